The number of aromatic nitrogens is 1. The molecule has 4 nitrogen and oxygen atoms in total. The summed E-state index contributed by atoms with van der Waals surface area (Å²) in [6.07, 6.45) is 0. The van der Waals surface area contributed by atoms with E-state index in [1.54, 1.807) is 6.07 Å². The van der Waals surface area contributed by atoms with Gasteiger partial charge in [-0.15, -0.1) is 0 Å². The Morgan fingerprint density at radius 2 is 0.723 bits per heavy atom. The monoisotopic (exact) mass is 828 g/mol. The summed E-state index contributed by atoms with van der Waals surface area (Å²) >= 11 is 0. The van der Waals surface area contributed by atoms with Gasteiger partial charge in [0.1, 0.15) is 11.8 Å². The van der Waals surface area contributed by atoms with Gasteiger partial charge in [-0.2, -0.15) is 5.26 Å². The number of anilines is 6. The maximum absolute atomic E-state index is 10.0. The molecule has 0 N–H and O–H groups in total. The molecule has 65 heavy (non-hydrogen) atoms. The minimum atomic E-state index is -0.121. The second kappa shape index (κ2) is 15.8. The summed E-state index contributed by atoms with van der Waals surface area (Å²) in [7, 11) is 0. The van der Waals surface area contributed by atoms with Crippen LogP contribution in [0, 0.1) is 11.3 Å². The second-order valence-corrected chi connectivity index (χ2v) is 16.7. The molecule has 0 fully saturated rings. The Kier molecular flexibility index (Phi) is 9.25. The first kappa shape index (κ1) is 37.9. The number of hydrogen-bond donors (Lipinski definition) is 0. The number of pyridine rings is 1. The summed E-state index contributed by atoms with van der Waals surface area (Å²) in [5.41, 5.74) is 21.6. The van der Waals surface area contributed by atoms with Crippen LogP contribution in [0.25, 0.3) is 55.8 Å². The smallest absolute Gasteiger partial charge is 0.141 e. The van der Waals surface area contributed by atoms with Gasteiger partial charge in [0.25, 0.3) is 0 Å². The molecular formula is C61H40N4. The Balaban J connectivity index is 1.16. The molecule has 2 aliphatic rings. The quantitative estimate of drug-likeness (QED) is 0.160. The fraction of sp³-hybridized carbons (Fsp3) is 0.0164. The normalized spacial score (nSPS) is 12.5. The molecule has 0 spiro atoms. The molecule has 0 saturated carbocycles. The molecule has 4 heteroatoms. The largest absolute Gasteiger partial charge is 0.310 e. The average Bonchev–Trinajstić information content (AvgIpc) is 3.39. The highest BCUT2D eigenvalue weighted by Crippen LogP contribution is 2.62. The molecule has 304 valence electrons. The summed E-state index contributed by atoms with van der Waals surface area (Å²) in [5, 5.41) is 10.0. The van der Waals surface area contributed by atoms with E-state index in [1.807, 2.05) is 12.1 Å². The topological polar surface area (TPSA) is 43.2 Å². The van der Waals surface area contributed by atoms with Crippen LogP contribution in [0.1, 0.15) is 28.3 Å². The van der Waals surface area contributed by atoms with E-state index in [1.165, 1.54) is 50.1 Å². The molecule has 0 radical (unpaired) electrons. The highest BCUT2D eigenvalue weighted by atomic mass is 15.2. The van der Waals surface area contributed by atoms with Crippen LogP contribution < -0.4 is 9.80 Å². The van der Waals surface area contributed by atoms with Crippen molar-refractivity contribution < 1.29 is 0 Å². The van der Waals surface area contributed by atoms with Crippen molar-refractivity contribution in [1.82, 2.24) is 4.98 Å². The summed E-state index contributed by atoms with van der Waals surface area (Å²) in [4.78, 5) is 9.77. The number of nitrogens with zero attached hydrogens (tertiary/aromatic N) is 4. The molecule has 3 heterocycles. The van der Waals surface area contributed by atoms with Crippen LogP contribution in [0.4, 0.5) is 34.1 Å². The van der Waals surface area contributed by atoms with Gasteiger partial charge in [0.2, 0.25) is 0 Å². The number of hydrogen-bond acceptors (Lipinski definition) is 4. The third-order valence-corrected chi connectivity index (χ3v) is 12.9. The Morgan fingerprint density at radius 1 is 0.338 bits per heavy atom. The Morgan fingerprint density at radius 3 is 1.14 bits per heavy atom. The third-order valence-electron chi connectivity index (χ3n) is 12.9. The van der Waals surface area contributed by atoms with Crippen LogP contribution in [-0.2, 0) is 0 Å². The Labute approximate surface area is 379 Å². The van der Waals surface area contributed by atoms with E-state index >= 15 is 0 Å². The number of rotatable bonds is 7. The lowest BCUT2D eigenvalue weighted by Gasteiger charge is -2.45. The zero-order valence-electron chi connectivity index (χ0n) is 35.4. The van der Waals surface area contributed by atoms with Gasteiger partial charge in [-0.05, 0) is 128 Å². The third kappa shape index (κ3) is 6.66. The van der Waals surface area contributed by atoms with Gasteiger partial charge in [-0.1, -0.05) is 164 Å². The highest BCUT2D eigenvalue weighted by Gasteiger charge is 2.42. The van der Waals surface area contributed by atoms with Crippen LogP contribution in [-0.4, -0.2) is 4.98 Å². The molecule has 0 amide bonds. The van der Waals surface area contributed by atoms with Crippen molar-refractivity contribution >= 4 is 34.1 Å². The van der Waals surface area contributed by atoms with E-state index in [2.05, 4.69) is 234 Å². The van der Waals surface area contributed by atoms with Gasteiger partial charge >= 0.3 is 0 Å². The lowest BCUT2D eigenvalue weighted by Crippen LogP contribution is -2.29. The minimum absolute atomic E-state index is 0.121. The molecule has 2 aliphatic heterocycles. The zero-order valence-corrected chi connectivity index (χ0v) is 35.4. The van der Waals surface area contributed by atoms with Gasteiger partial charge in [0.15, 0.2) is 0 Å². The molecule has 0 bridgehead atoms. The number of nitriles is 1. The molecule has 1 aromatic heterocycles. The summed E-state index contributed by atoms with van der Waals surface area (Å²) in [5.74, 6) is -0.121. The van der Waals surface area contributed by atoms with Gasteiger partial charge in [0.05, 0.1) is 28.4 Å². The SMILES string of the molecule is N#Cc1cccc(-c2cc3c4c(c2)N(c2ccc(-c5ccccc5)cc2)c2ccc(-c5ccccc5)cc2C4c2cc(-c4ccccc4)ccc2N3c2ccc(-c3ccccc3)cc2)n1. The molecule has 0 saturated heterocycles. The van der Waals surface area contributed by atoms with Gasteiger partial charge in [0, 0.05) is 28.4 Å². The van der Waals surface area contributed by atoms with Crippen LogP contribution in [0.3, 0.4) is 0 Å². The lowest BCUT2D eigenvalue weighted by molar-refractivity contribution is 0.909. The lowest BCUT2D eigenvalue weighted by atomic mass is 9.74. The van der Waals surface area contributed by atoms with E-state index in [4.69, 9.17) is 4.98 Å². The molecule has 0 atom stereocenters. The van der Waals surface area contributed by atoms with Crippen molar-refractivity contribution in [2.24, 2.45) is 0 Å². The summed E-state index contributed by atoms with van der Waals surface area (Å²) in [6.45, 7) is 0. The fourth-order valence-corrected chi connectivity index (χ4v) is 9.85. The number of benzene rings is 9. The van der Waals surface area contributed by atoms with E-state index < -0.39 is 0 Å². The van der Waals surface area contributed by atoms with E-state index in [0.717, 1.165) is 56.5 Å². The molecule has 0 aliphatic carbocycles. The molecule has 10 aromatic rings. The van der Waals surface area contributed by atoms with Crippen molar-refractivity contribution in [3.63, 3.8) is 0 Å². The Hall–Kier alpha value is -8.78. The summed E-state index contributed by atoms with van der Waals surface area (Å²) < 4.78 is 0. The maximum Gasteiger partial charge on any atom is 0.141 e. The zero-order chi connectivity index (χ0) is 43.3. The van der Waals surface area contributed by atoms with Crippen LogP contribution in [0.15, 0.2) is 237 Å². The molecule has 9 aromatic carbocycles. The van der Waals surface area contributed by atoms with E-state index in [-0.39, 0.29) is 5.92 Å². The first-order valence-corrected chi connectivity index (χ1v) is 22.0. The number of fused-ring (bicyclic) bond motifs is 4. The van der Waals surface area contributed by atoms with Gasteiger partial charge in [-0.25, -0.2) is 4.98 Å². The van der Waals surface area contributed by atoms with Crippen molar-refractivity contribution in [1.29, 1.82) is 5.26 Å². The van der Waals surface area contributed by atoms with Gasteiger partial charge < -0.3 is 9.80 Å². The molecular weight excluding hydrogens is 789 g/mol. The van der Waals surface area contributed by atoms with Crippen LogP contribution in [0.5, 0.6) is 0 Å². The first-order chi connectivity index (χ1) is 32.2. The maximum atomic E-state index is 10.0. The van der Waals surface area contributed by atoms with Crippen molar-refractivity contribution in [2.75, 3.05) is 9.80 Å². The van der Waals surface area contributed by atoms with Crippen molar-refractivity contribution in [3.05, 3.63) is 259 Å². The standard InChI is InChI=1S/C61H40N4/c62-40-50-22-13-23-55(63-50)49-38-58-61-59(39-49)65(52-32-26-46(27-33-52)42-16-7-2-8-17-42)57-35-29-48(44-20-11-4-12-21-44)37-54(57)60(61)53-36-47(43-18-9-3-10-19-43)28-34-56(53)64(58)51-30-24-45(25-31-51)41-14-5-1-6-15-41/h1-39,60H. The second-order valence-electron chi connectivity index (χ2n) is 16.7. The molecule has 0 unspecified atom stereocenters. The highest BCUT2D eigenvalue weighted by molar-refractivity contribution is 5.99. The minimum Gasteiger partial charge on any atom is -0.310 e. The predicted molar refractivity (Wildman–Crippen MR) is 266 cm³/mol. The molecule has 12 rings (SSSR count). The van der Waals surface area contributed by atoms with Crippen LogP contribution >= 0.6 is 0 Å². The fourth-order valence-electron chi connectivity index (χ4n) is 9.85. The first-order valence-electron chi connectivity index (χ1n) is 22.0. The van der Waals surface area contributed by atoms with E-state index in [9.17, 15) is 5.26 Å². The van der Waals surface area contributed by atoms with Crippen molar-refractivity contribution in [2.45, 2.75) is 5.92 Å². The van der Waals surface area contributed by atoms with Gasteiger partial charge in [-0.3, -0.25) is 0 Å². The van der Waals surface area contributed by atoms with Crippen molar-refractivity contribution in [3.8, 4) is 61.8 Å². The average molecular weight is 829 g/mol. The summed E-state index contributed by atoms with van der Waals surface area (Å²) in [6, 6.07) is 86.9. The Bertz CT molecular complexity index is 3220. The van der Waals surface area contributed by atoms with Crippen LogP contribution in [0.2, 0.25) is 0 Å². The predicted octanol–water partition coefficient (Wildman–Crippen LogP) is 16.0. The van der Waals surface area contributed by atoms with E-state index in [0.29, 0.717) is 5.69 Å².